The van der Waals surface area contributed by atoms with Crippen LogP contribution in [-0.4, -0.2) is 48.6 Å². The highest BCUT2D eigenvalue weighted by molar-refractivity contribution is 5.76. The van der Waals surface area contributed by atoms with Crippen LogP contribution in [0.2, 0.25) is 0 Å². The van der Waals surface area contributed by atoms with Crippen molar-refractivity contribution in [2.75, 3.05) is 32.8 Å². The fraction of sp³-hybridized carbons (Fsp3) is 0.636. The highest BCUT2D eigenvalue weighted by Crippen LogP contribution is 2.00. The quantitative estimate of drug-likeness (QED) is 0.733. The second kappa shape index (κ2) is 6.36. The summed E-state index contributed by atoms with van der Waals surface area (Å²) in [7, 11) is 0. The van der Waals surface area contributed by atoms with Crippen molar-refractivity contribution in [2.24, 2.45) is 0 Å². The van der Waals surface area contributed by atoms with Crippen molar-refractivity contribution in [3.63, 3.8) is 0 Å². The van der Waals surface area contributed by atoms with E-state index in [0.29, 0.717) is 45.8 Å². The maximum absolute atomic E-state index is 11.8. The first-order valence-corrected chi connectivity index (χ1v) is 5.80. The second-order valence-corrected chi connectivity index (χ2v) is 3.89. The van der Waals surface area contributed by atoms with Crippen LogP contribution in [0, 0.1) is 0 Å². The predicted octanol–water partition coefficient (Wildman–Crippen LogP) is 0.0131. The third kappa shape index (κ3) is 3.83. The van der Waals surface area contributed by atoms with Crippen LogP contribution in [0.3, 0.4) is 0 Å². The molecule has 0 spiro atoms. The van der Waals surface area contributed by atoms with Crippen LogP contribution in [0.5, 0.6) is 0 Å². The summed E-state index contributed by atoms with van der Waals surface area (Å²) in [5.41, 5.74) is 0. The minimum absolute atomic E-state index is 0.179. The molecule has 0 aliphatic carbocycles. The molecule has 6 nitrogen and oxygen atoms in total. The summed E-state index contributed by atoms with van der Waals surface area (Å²) in [6.07, 6.45) is 3.57. The summed E-state index contributed by atoms with van der Waals surface area (Å²) in [5, 5.41) is 3.15. The number of carbonyl (C=O) groups is 1. The molecule has 1 saturated heterocycles. The molecule has 1 aromatic rings. The van der Waals surface area contributed by atoms with Crippen LogP contribution >= 0.6 is 0 Å². The van der Waals surface area contributed by atoms with Crippen LogP contribution in [0.1, 0.15) is 12.2 Å². The van der Waals surface area contributed by atoms with Crippen molar-refractivity contribution < 1.29 is 13.9 Å². The Morgan fingerprint density at radius 3 is 3.00 bits per heavy atom. The van der Waals surface area contributed by atoms with E-state index in [1.54, 1.807) is 6.20 Å². The molecule has 0 aromatic carbocycles. The number of carbonyl (C=O) groups excluding carboxylic acids is 1. The van der Waals surface area contributed by atoms with Crippen molar-refractivity contribution >= 4 is 5.91 Å². The summed E-state index contributed by atoms with van der Waals surface area (Å²) in [5.74, 6) is 0.960. The smallest absolute Gasteiger partial charge is 0.224 e. The van der Waals surface area contributed by atoms with Gasteiger partial charge in [0.1, 0.15) is 5.76 Å². The van der Waals surface area contributed by atoms with Gasteiger partial charge in [0.15, 0.2) is 6.39 Å². The van der Waals surface area contributed by atoms with Gasteiger partial charge in [0.25, 0.3) is 0 Å². The Labute approximate surface area is 99.9 Å². The Morgan fingerprint density at radius 2 is 2.29 bits per heavy atom. The van der Waals surface area contributed by atoms with E-state index >= 15 is 0 Å². The molecular weight excluding hydrogens is 222 g/mol. The van der Waals surface area contributed by atoms with Crippen molar-refractivity contribution in [3.05, 3.63) is 18.4 Å². The Bertz CT molecular complexity index is 334. The van der Waals surface area contributed by atoms with Gasteiger partial charge >= 0.3 is 0 Å². The van der Waals surface area contributed by atoms with E-state index in [1.165, 1.54) is 6.39 Å². The largest absolute Gasteiger partial charge is 0.447 e. The molecule has 17 heavy (non-hydrogen) atoms. The standard InChI is InChI=1S/C11H17N3O3/c15-11(14-3-5-16-6-4-14)1-2-12-7-10-8-13-9-17-10/h8-9,12H,1-7H2. The first kappa shape index (κ1) is 12.1. The molecule has 0 bridgehead atoms. The molecule has 6 heteroatoms. The maximum atomic E-state index is 11.8. The lowest BCUT2D eigenvalue weighted by Crippen LogP contribution is -2.41. The van der Waals surface area contributed by atoms with E-state index in [9.17, 15) is 4.79 Å². The van der Waals surface area contributed by atoms with Gasteiger partial charge in [-0.05, 0) is 0 Å². The Kier molecular flexibility index (Phi) is 4.52. The topological polar surface area (TPSA) is 67.6 Å². The number of aromatic nitrogens is 1. The molecule has 2 rings (SSSR count). The fourth-order valence-corrected chi connectivity index (χ4v) is 1.71. The highest BCUT2D eigenvalue weighted by atomic mass is 16.5. The zero-order chi connectivity index (χ0) is 11.9. The molecule has 0 radical (unpaired) electrons. The predicted molar refractivity (Wildman–Crippen MR) is 60.2 cm³/mol. The van der Waals surface area contributed by atoms with E-state index in [4.69, 9.17) is 9.15 Å². The summed E-state index contributed by atoms with van der Waals surface area (Å²) in [4.78, 5) is 17.4. The van der Waals surface area contributed by atoms with Gasteiger partial charge in [-0.25, -0.2) is 4.98 Å². The van der Waals surface area contributed by atoms with Crippen LogP contribution < -0.4 is 5.32 Å². The fourth-order valence-electron chi connectivity index (χ4n) is 1.71. The molecule has 0 saturated carbocycles. The minimum atomic E-state index is 0.179. The number of nitrogens with one attached hydrogen (secondary N) is 1. The number of hydrogen-bond acceptors (Lipinski definition) is 5. The first-order valence-electron chi connectivity index (χ1n) is 5.80. The molecule has 1 aliphatic rings. The van der Waals surface area contributed by atoms with Crippen molar-refractivity contribution in [3.8, 4) is 0 Å². The van der Waals surface area contributed by atoms with Crippen LogP contribution in [0.15, 0.2) is 17.0 Å². The Morgan fingerprint density at radius 1 is 1.47 bits per heavy atom. The van der Waals surface area contributed by atoms with Crippen molar-refractivity contribution in [1.29, 1.82) is 0 Å². The van der Waals surface area contributed by atoms with Gasteiger partial charge in [0.2, 0.25) is 5.91 Å². The Balaban J connectivity index is 1.59. The summed E-state index contributed by atoms with van der Waals surface area (Å²) >= 11 is 0. The van der Waals surface area contributed by atoms with Gasteiger partial charge in [-0.1, -0.05) is 0 Å². The lowest BCUT2D eigenvalue weighted by molar-refractivity contribution is -0.135. The third-order valence-electron chi connectivity index (χ3n) is 2.66. The zero-order valence-electron chi connectivity index (χ0n) is 9.72. The van der Waals surface area contributed by atoms with E-state index < -0.39 is 0 Å². The number of morpholine rings is 1. The van der Waals surface area contributed by atoms with Crippen molar-refractivity contribution in [1.82, 2.24) is 15.2 Å². The van der Waals surface area contributed by atoms with Gasteiger partial charge in [-0.3, -0.25) is 4.79 Å². The highest BCUT2D eigenvalue weighted by Gasteiger charge is 2.15. The normalized spacial score (nSPS) is 16.1. The number of hydrogen-bond donors (Lipinski definition) is 1. The van der Waals surface area contributed by atoms with E-state index in [-0.39, 0.29) is 5.91 Å². The SMILES string of the molecule is O=C(CCNCc1cnco1)N1CCOCC1. The molecule has 94 valence electrons. The number of oxazole rings is 1. The molecule has 1 aliphatic heterocycles. The average molecular weight is 239 g/mol. The lowest BCUT2D eigenvalue weighted by atomic mass is 10.3. The van der Waals surface area contributed by atoms with Gasteiger partial charge in [-0.2, -0.15) is 0 Å². The maximum Gasteiger partial charge on any atom is 0.224 e. The van der Waals surface area contributed by atoms with Crippen LogP contribution in [0.4, 0.5) is 0 Å². The van der Waals surface area contributed by atoms with Gasteiger partial charge in [0, 0.05) is 26.1 Å². The molecule has 0 atom stereocenters. The van der Waals surface area contributed by atoms with Crippen molar-refractivity contribution in [2.45, 2.75) is 13.0 Å². The minimum Gasteiger partial charge on any atom is -0.447 e. The van der Waals surface area contributed by atoms with E-state index in [2.05, 4.69) is 10.3 Å². The monoisotopic (exact) mass is 239 g/mol. The average Bonchev–Trinajstić information content (AvgIpc) is 2.88. The third-order valence-corrected chi connectivity index (χ3v) is 2.66. The molecule has 1 N–H and O–H groups in total. The first-order chi connectivity index (χ1) is 8.36. The van der Waals surface area contributed by atoms with Crippen LogP contribution in [0.25, 0.3) is 0 Å². The molecule has 0 unspecified atom stereocenters. The van der Waals surface area contributed by atoms with E-state index in [1.807, 2.05) is 4.90 Å². The number of nitrogens with zero attached hydrogens (tertiary/aromatic N) is 2. The van der Waals surface area contributed by atoms with Crippen LogP contribution in [-0.2, 0) is 16.1 Å². The molecule has 1 aromatic heterocycles. The molecule has 1 fully saturated rings. The number of amides is 1. The Hall–Kier alpha value is -1.40. The van der Waals surface area contributed by atoms with Gasteiger partial charge in [0.05, 0.1) is 26.0 Å². The summed E-state index contributed by atoms with van der Waals surface area (Å²) in [6, 6.07) is 0. The molecule has 1 amide bonds. The number of ether oxygens (including phenoxy) is 1. The second-order valence-electron chi connectivity index (χ2n) is 3.89. The zero-order valence-corrected chi connectivity index (χ0v) is 9.72. The molecule has 2 heterocycles. The molecular formula is C11H17N3O3. The number of rotatable bonds is 5. The summed E-state index contributed by atoms with van der Waals surface area (Å²) in [6.45, 7) is 3.98. The van der Waals surface area contributed by atoms with Gasteiger partial charge in [-0.15, -0.1) is 0 Å². The van der Waals surface area contributed by atoms with Gasteiger partial charge < -0.3 is 19.4 Å². The lowest BCUT2D eigenvalue weighted by Gasteiger charge is -2.26. The van der Waals surface area contributed by atoms with E-state index in [0.717, 1.165) is 5.76 Å². The summed E-state index contributed by atoms with van der Waals surface area (Å²) < 4.78 is 10.3.